The molecule has 0 fully saturated rings. The minimum absolute atomic E-state index is 0.00289. The van der Waals surface area contributed by atoms with Crippen LogP contribution in [0, 0.1) is 0 Å². The zero-order valence-electron chi connectivity index (χ0n) is 11.1. The van der Waals surface area contributed by atoms with Crippen molar-refractivity contribution in [2.75, 3.05) is 6.54 Å². The largest absolute Gasteiger partial charge is 0.324 e. The van der Waals surface area contributed by atoms with Crippen LogP contribution in [0.5, 0.6) is 0 Å². The first kappa shape index (κ1) is 13.2. The summed E-state index contributed by atoms with van der Waals surface area (Å²) in [5.41, 5.74) is 10.8. The number of hydrogen-bond donors (Lipinski definition) is 1. The summed E-state index contributed by atoms with van der Waals surface area (Å²) in [6, 6.07) is 5.67. The van der Waals surface area contributed by atoms with Gasteiger partial charge >= 0.3 is 0 Å². The minimum Gasteiger partial charge on any atom is -0.324 e. The topological polar surface area (TPSA) is 43.1 Å². The molecule has 1 aliphatic carbocycles. The van der Waals surface area contributed by atoms with Gasteiger partial charge in [0, 0.05) is 5.56 Å². The number of benzene rings is 1. The van der Waals surface area contributed by atoms with Crippen molar-refractivity contribution >= 4 is 16.9 Å². The highest BCUT2D eigenvalue weighted by atomic mass is 16.1. The molecule has 0 saturated carbocycles. The average Bonchev–Trinajstić information content (AvgIpc) is 2.41. The summed E-state index contributed by atoms with van der Waals surface area (Å²) in [6.07, 6.45) is 5.79. The van der Waals surface area contributed by atoms with Crippen LogP contribution in [-0.4, -0.2) is 12.3 Å². The van der Waals surface area contributed by atoms with Crippen molar-refractivity contribution in [2.24, 2.45) is 5.73 Å². The molecule has 0 atom stereocenters. The first-order valence-electron chi connectivity index (χ1n) is 6.16. The van der Waals surface area contributed by atoms with Crippen molar-refractivity contribution in [2.45, 2.75) is 6.92 Å². The Kier molecular flexibility index (Phi) is 3.63. The third kappa shape index (κ3) is 2.49. The quantitative estimate of drug-likeness (QED) is 0.819. The van der Waals surface area contributed by atoms with Gasteiger partial charge < -0.3 is 5.73 Å². The van der Waals surface area contributed by atoms with Crippen molar-refractivity contribution in [3.05, 3.63) is 71.8 Å². The van der Waals surface area contributed by atoms with E-state index in [4.69, 9.17) is 5.73 Å². The number of allylic oxidation sites excluding steroid dienone is 6. The van der Waals surface area contributed by atoms with Crippen LogP contribution in [0.15, 0.2) is 55.2 Å². The smallest absolute Gasteiger partial charge is 0.177 e. The normalized spacial score (nSPS) is 14.5. The molecule has 0 spiro atoms. The summed E-state index contributed by atoms with van der Waals surface area (Å²) in [5.74, 6) is -0.0707. The molecule has 96 valence electrons. The second-order valence-corrected chi connectivity index (χ2v) is 4.62. The third-order valence-corrected chi connectivity index (χ3v) is 3.20. The molecule has 19 heavy (non-hydrogen) atoms. The number of rotatable bonds is 2. The van der Waals surface area contributed by atoms with E-state index in [-0.39, 0.29) is 12.3 Å². The lowest BCUT2D eigenvalue weighted by Gasteiger charge is -2.17. The number of nitrogens with two attached hydrogens (primary N) is 1. The van der Waals surface area contributed by atoms with E-state index in [0.29, 0.717) is 5.56 Å². The van der Waals surface area contributed by atoms with E-state index in [1.807, 2.05) is 37.3 Å². The fraction of sp³-hybridized carbons (Fsp3) is 0.118. The summed E-state index contributed by atoms with van der Waals surface area (Å²) >= 11 is 0. The predicted molar refractivity (Wildman–Crippen MR) is 80.8 cm³/mol. The van der Waals surface area contributed by atoms with Gasteiger partial charge in [-0.15, -0.1) is 0 Å². The van der Waals surface area contributed by atoms with Crippen LogP contribution in [0.3, 0.4) is 0 Å². The van der Waals surface area contributed by atoms with Crippen LogP contribution in [0.1, 0.15) is 28.4 Å². The molecular formula is C17H17NO. The number of hydrogen-bond acceptors (Lipinski definition) is 2. The van der Waals surface area contributed by atoms with Gasteiger partial charge in [0.25, 0.3) is 0 Å². The van der Waals surface area contributed by atoms with Gasteiger partial charge in [0.1, 0.15) is 0 Å². The van der Waals surface area contributed by atoms with E-state index in [1.54, 1.807) is 6.07 Å². The Bertz CT molecular complexity index is 633. The number of carbonyl (C=O) groups excluding carboxylic acids is 1. The van der Waals surface area contributed by atoms with Crippen LogP contribution < -0.4 is 5.73 Å². The molecule has 0 heterocycles. The standard InChI is InChI=1S/C17H17NO/c1-11-7-8-12(2)17-14(13(3)9-11)5-4-6-15(17)16(19)10-18/h4-9H,1-2,10,18H2,3H3. The van der Waals surface area contributed by atoms with E-state index < -0.39 is 0 Å². The maximum Gasteiger partial charge on any atom is 0.177 e. The van der Waals surface area contributed by atoms with Gasteiger partial charge in [0.15, 0.2) is 5.78 Å². The van der Waals surface area contributed by atoms with Crippen molar-refractivity contribution in [1.29, 1.82) is 0 Å². The summed E-state index contributed by atoms with van der Waals surface area (Å²) in [4.78, 5) is 12.0. The van der Waals surface area contributed by atoms with Gasteiger partial charge in [-0.2, -0.15) is 0 Å². The Hall–Kier alpha value is -2.19. The first-order valence-corrected chi connectivity index (χ1v) is 6.16. The molecule has 0 saturated heterocycles. The van der Waals surface area contributed by atoms with Crippen LogP contribution >= 0.6 is 0 Å². The first-order chi connectivity index (χ1) is 9.04. The van der Waals surface area contributed by atoms with Crippen LogP contribution in [-0.2, 0) is 0 Å². The number of fused-ring (bicyclic) bond motifs is 1. The van der Waals surface area contributed by atoms with E-state index >= 15 is 0 Å². The van der Waals surface area contributed by atoms with E-state index in [9.17, 15) is 4.79 Å². The second kappa shape index (κ2) is 5.21. The number of carbonyl (C=O) groups is 1. The van der Waals surface area contributed by atoms with Gasteiger partial charge in [-0.05, 0) is 34.8 Å². The molecule has 2 nitrogen and oxygen atoms in total. The summed E-state index contributed by atoms with van der Waals surface area (Å²) in [7, 11) is 0. The Balaban J connectivity index is 2.75. The lowest BCUT2D eigenvalue weighted by Crippen LogP contribution is -2.16. The fourth-order valence-corrected chi connectivity index (χ4v) is 2.26. The van der Waals surface area contributed by atoms with E-state index in [0.717, 1.165) is 27.8 Å². The molecule has 0 aromatic heterocycles. The van der Waals surface area contributed by atoms with Gasteiger partial charge in [-0.3, -0.25) is 4.79 Å². The molecule has 2 N–H and O–H groups in total. The Labute approximate surface area is 113 Å². The van der Waals surface area contributed by atoms with Gasteiger partial charge in [0.2, 0.25) is 0 Å². The van der Waals surface area contributed by atoms with Gasteiger partial charge in [-0.25, -0.2) is 0 Å². The van der Waals surface area contributed by atoms with Crippen LogP contribution in [0.25, 0.3) is 11.1 Å². The van der Waals surface area contributed by atoms with E-state index in [2.05, 4.69) is 13.2 Å². The van der Waals surface area contributed by atoms with Crippen molar-refractivity contribution in [3.63, 3.8) is 0 Å². The second-order valence-electron chi connectivity index (χ2n) is 4.62. The third-order valence-electron chi connectivity index (χ3n) is 3.20. The van der Waals surface area contributed by atoms with E-state index in [1.165, 1.54) is 0 Å². The molecule has 0 amide bonds. The maximum absolute atomic E-state index is 12.0. The summed E-state index contributed by atoms with van der Waals surface area (Å²) in [6.45, 7) is 10.0. The molecule has 1 aromatic carbocycles. The fourth-order valence-electron chi connectivity index (χ4n) is 2.26. The highest BCUT2D eigenvalue weighted by molar-refractivity contribution is 6.04. The van der Waals surface area contributed by atoms with Crippen molar-refractivity contribution < 1.29 is 4.79 Å². The maximum atomic E-state index is 12.0. The number of Topliss-reactive ketones (excluding diaryl/α,β-unsaturated/α-hetero) is 1. The lowest BCUT2D eigenvalue weighted by atomic mass is 9.87. The zero-order chi connectivity index (χ0) is 14.0. The van der Waals surface area contributed by atoms with Crippen molar-refractivity contribution in [3.8, 4) is 0 Å². The van der Waals surface area contributed by atoms with Gasteiger partial charge in [0.05, 0.1) is 6.54 Å². The predicted octanol–water partition coefficient (Wildman–Crippen LogP) is 3.37. The Morgan fingerprint density at radius 2 is 2.00 bits per heavy atom. The van der Waals surface area contributed by atoms with Gasteiger partial charge in [-0.1, -0.05) is 49.6 Å². The molecular weight excluding hydrogens is 234 g/mol. The summed E-state index contributed by atoms with van der Waals surface area (Å²) in [5, 5.41) is 0. The Morgan fingerprint density at radius 3 is 2.68 bits per heavy atom. The highest BCUT2D eigenvalue weighted by Crippen LogP contribution is 2.31. The summed E-state index contributed by atoms with van der Waals surface area (Å²) < 4.78 is 0. The van der Waals surface area contributed by atoms with Crippen molar-refractivity contribution in [1.82, 2.24) is 0 Å². The molecule has 1 aliphatic rings. The molecule has 0 bridgehead atoms. The van der Waals surface area contributed by atoms with Crippen LogP contribution in [0.2, 0.25) is 0 Å². The molecule has 2 rings (SSSR count). The average molecular weight is 251 g/mol. The SMILES string of the molecule is C=C1C=CC(=C)c2c(C(=O)CN)cccc2C(C)=C1. The molecule has 1 aromatic rings. The number of ketones is 1. The monoisotopic (exact) mass is 251 g/mol. The highest BCUT2D eigenvalue weighted by Gasteiger charge is 2.16. The molecule has 0 unspecified atom stereocenters. The zero-order valence-corrected chi connectivity index (χ0v) is 11.1. The molecule has 0 radical (unpaired) electrons. The lowest BCUT2D eigenvalue weighted by molar-refractivity contribution is 0.100. The molecule has 0 aliphatic heterocycles. The Morgan fingerprint density at radius 1 is 1.26 bits per heavy atom. The molecule has 2 heteroatoms. The van der Waals surface area contributed by atoms with Crippen LogP contribution in [0.4, 0.5) is 0 Å². The minimum atomic E-state index is -0.0707.